The predicted molar refractivity (Wildman–Crippen MR) is 85.5 cm³/mol. The van der Waals surface area contributed by atoms with Crippen molar-refractivity contribution in [3.05, 3.63) is 41.7 Å². The summed E-state index contributed by atoms with van der Waals surface area (Å²) in [6.45, 7) is 3.30. The highest BCUT2D eigenvalue weighted by atomic mass is 16.5. The second kappa shape index (κ2) is 9.20. The lowest BCUT2D eigenvalue weighted by Crippen LogP contribution is -2.09. The Morgan fingerprint density at radius 2 is 1.86 bits per heavy atom. The normalized spacial score (nSPS) is 10.8. The number of rotatable bonds is 10. The second-order valence-electron chi connectivity index (χ2n) is 5.38. The molecular weight excluding hydrogens is 278 g/mol. The molecule has 120 valence electrons. The zero-order valence-electron chi connectivity index (χ0n) is 13.2. The van der Waals surface area contributed by atoms with Gasteiger partial charge in [0.15, 0.2) is 0 Å². The van der Waals surface area contributed by atoms with Crippen molar-refractivity contribution >= 4 is 0 Å². The minimum atomic E-state index is -0.108. The van der Waals surface area contributed by atoms with Crippen molar-refractivity contribution in [1.29, 1.82) is 0 Å². The van der Waals surface area contributed by atoms with Crippen LogP contribution in [-0.4, -0.2) is 20.1 Å². The number of ether oxygens (including phenoxy) is 1. The molecule has 0 aliphatic rings. The van der Waals surface area contributed by atoms with Gasteiger partial charge in [-0.25, -0.2) is 4.68 Å². The fourth-order valence-corrected chi connectivity index (χ4v) is 2.36. The molecule has 0 bridgehead atoms. The number of unbranched alkanes of at least 4 members (excludes halogenated alkanes) is 4. The SMILES string of the molecule is CCCCCCCn1nnc(CO)c1COc1ccccc1. The van der Waals surface area contributed by atoms with Gasteiger partial charge in [0.05, 0.1) is 6.61 Å². The molecule has 1 heterocycles. The van der Waals surface area contributed by atoms with Crippen LogP contribution in [0.25, 0.3) is 0 Å². The van der Waals surface area contributed by atoms with E-state index in [9.17, 15) is 5.11 Å². The zero-order valence-corrected chi connectivity index (χ0v) is 13.2. The van der Waals surface area contributed by atoms with Crippen molar-refractivity contribution in [2.24, 2.45) is 0 Å². The van der Waals surface area contributed by atoms with Crippen molar-refractivity contribution < 1.29 is 9.84 Å². The highest BCUT2D eigenvalue weighted by Crippen LogP contribution is 2.14. The molecule has 0 aliphatic carbocycles. The van der Waals surface area contributed by atoms with Crippen LogP contribution < -0.4 is 4.74 Å². The Labute approximate surface area is 131 Å². The molecule has 1 N–H and O–H groups in total. The van der Waals surface area contributed by atoms with Crippen LogP contribution in [0.15, 0.2) is 30.3 Å². The number of aryl methyl sites for hydroxylation is 1. The van der Waals surface area contributed by atoms with Gasteiger partial charge in [0.1, 0.15) is 23.7 Å². The van der Waals surface area contributed by atoms with Crippen LogP contribution in [0, 0.1) is 0 Å². The molecule has 0 unspecified atom stereocenters. The van der Waals surface area contributed by atoms with E-state index in [2.05, 4.69) is 17.2 Å². The number of aliphatic hydroxyl groups excluding tert-OH is 1. The Morgan fingerprint density at radius 1 is 1.09 bits per heavy atom. The van der Waals surface area contributed by atoms with Gasteiger partial charge in [-0.15, -0.1) is 5.10 Å². The van der Waals surface area contributed by atoms with Gasteiger partial charge in [0.2, 0.25) is 0 Å². The summed E-state index contributed by atoms with van der Waals surface area (Å²) in [5.41, 5.74) is 1.46. The van der Waals surface area contributed by atoms with Crippen LogP contribution in [0.5, 0.6) is 5.75 Å². The monoisotopic (exact) mass is 303 g/mol. The average Bonchev–Trinajstić information content (AvgIpc) is 2.95. The standard InChI is InChI=1S/C17H25N3O2/c1-2-3-4-5-9-12-20-17(16(13-21)18-19-20)14-22-15-10-7-6-8-11-15/h6-8,10-11,21H,2-5,9,12-14H2,1H3. The zero-order chi connectivity index (χ0) is 15.6. The van der Waals surface area contributed by atoms with E-state index in [1.165, 1.54) is 25.7 Å². The lowest BCUT2D eigenvalue weighted by molar-refractivity contribution is 0.261. The second-order valence-corrected chi connectivity index (χ2v) is 5.38. The molecule has 0 saturated carbocycles. The third-order valence-electron chi connectivity index (χ3n) is 3.66. The predicted octanol–water partition coefficient (Wildman–Crippen LogP) is 3.32. The van der Waals surface area contributed by atoms with Crippen LogP contribution in [0.3, 0.4) is 0 Å². The Kier molecular flexibility index (Phi) is 6.90. The summed E-state index contributed by atoms with van der Waals surface area (Å²) in [6.07, 6.45) is 6.05. The van der Waals surface area contributed by atoms with E-state index in [1.54, 1.807) is 0 Å². The molecule has 0 amide bonds. The lowest BCUT2D eigenvalue weighted by Gasteiger charge is -2.09. The number of benzene rings is 1. The van der Waals surface area contributed by atoms with E-state index >= 15 is 0 Å². The maximum absolute atomic E-state index is 9.40. The molecular formula is C17H25N3O2. The van der Waals surface area contributed by atoms with Crippen LogP contribution in [0.4, 0.5) is 0 Å². The highest BCUT2D eigenvalue weighted by Gasteiger charge is 2.12. The number of hydrogen-bond donors (Lipinski definition) is 1. The van der Waals surface area contributed by atoms with Crippen LogP contribution in [-0.2, 0) is 19.8 Å². The van der Waals surface area contributed by atoms with E-state index in [-0.39, 0.29) is 6.61 Å². The van der Waals surface area contributed by atoms with Crippen molar-refractivity contribution in [2.75, 3.05) is 0 Å². The average molecular weight is 303 g/mol. The van der Waals surface area contributed by atoms with Crippen LogP contribution in [0.2, 0.25) is 0 Å². The first-order valence-electron chi connectivity index (χ1n) is 8.05. The maximum Gasteiger partial charge on any atom is 0.132 e. The number of para-hydroxylation sites is 1. The largest absolute Gasteiger partial charge is 0.487 e. The van der Waals surface area contributed by atoms with Gasteiger partial charge < -0.3 is 9.84 Å². The molecule has 0 atom stereocenters. The fourth-order valence-electron chi connectivity index (χ4n) is 2.36. The Balaban J connectivity index is 1.91. The van der Waals surface area contributed by atoms with Gasteiger partial charge >= 0.3 is 0 Å². The van der Waals surface area contributed by atoms with Gasteiger partial charge in [-0.1, -0.05) is 56.0 Å². The molecule has 0 radical (unpaired) electrons. The van der Waals surface area contributed by atoms with E-state index < -0.39 is 0 Å². The summed E-state index contributed by atoms with van der Waals surface area (Å²) in [4.78, 5) is 0. The van der Waals surface area contributed by atoms with Crippen molar-refractivity contribution in [1.82, 2.24) is 15.0 Å². The molecule has 5 heteroatoms. The topological polar surface area (TPSA) is 60.2 Å². The van der Waals surface area contributed by atoms with Gasteiger partial charge in [0.25, 0.3) is 0 Å². The van der Waals surface area contributed by atoms with Crippen LogP contribution in [0.1, 0.15) is 50.4 Å². The summed E-state index contributed by atoms with van der Waals surface area (Å²) >= 11 is 0. The molecule has 0 spiro atoms. The molecule has 5 nitrogen and oxygen atoms in total. The Bertz CT molecular complexity index is 540. The summed E-state index contributed by atoms with van der Waals surface area (Å²) in [5, 5.41) is 17.6. The van der Waals surface area contributed by atoms with Gasteiger partial charge in [-0.2, -0.15) is 0 Å². The number of hydrogen-bond acceptors (Lipinski definition) is 4. The highest BCUT2D eigenvalue weighted by molar-refractivity contribution is 5.21. The summed E-state index contributed by atoms with van der Waals surface area (Å²) in [5.74, 6) is 0.807. The van der Waals surface area contributed by atoms with E-state index in [1.807, 2.05) is 35.0 Å². The molecule has 0 aliphatic heterocycles. The quantitative estimate of drug-likeness (QED) is 0.684. The van der Waals surface area contributed by atoms with E-state index in [0.717, 1.165) is 24.4 Å². The van der Waals surface area contributed by atoms with E-state index in [4.69, 9.17) is 4.74 Å². The first kappa shape index (κ1) is 16.5. The third-order valence-corrected chi connectivity index (χ3v) is 3.66. The minimum absolute atomic E-state index is 0.108. The van der Waals surface area contributed by atoms with Crippen molar-refractivity contribution in [3.63, 3.8) is 0 Å². The molecule has 0 fully saturated rings. The minimum Gasteiger partial charge on any atom is -0.487 e. The number of nitrogens with zero attached hydrogens (tertiary/aromatic N) is 3. The molecule has 1 aromatic heterocycles. The molecule has 22 heavy (non-hydrogen) atoms. The Hall–Kier alpha value is -1.88. The Morgan fingerprint density at radius 3 is 2.59 bits per heavy atom. The van der Waals surface area contributed by atoms with Crippen LogP contribution >= 0.6 is 0 Å². The molecule has 0 saturated heterocycles. The molecule has 2 aromatic rings. The summed E-state index contributed by atoms with van der Waals surface area (Å²) in [7, 11) is 0. The molecule has 2 rings (SSSR count). The number of aliphatic hydroxyl groups is 1. The van der Waals surface area contributed by atoms with Gasteiger partial charge in [0, 0.05) is 6.54 Å². The van der Waals surface area contributed by atoms with E-state index in [0.29, 0.717) is 12.3 Å². The molecule has 1 aromatic carbocycles. The first-order valence-corrected chi connectivity index (χ1v) is 8.05. The van der Waals surface area contributed by atoms with Crippen molar-refractivity contribution in [3.8, 4) is 5.75 Å². The van der Waals surface area contributed by atoms with Gasteiger partial charge in [-0.3, -0.25) is 0 Å². The van der Waals surface area contributed by atoms with Crippen molar-refractivity contribution in [2.45, 2.75) is 58.8 Å². The summed E-state index contributed by atoms with van der Waals surface area (Å²) < 4.78 is 7.63. The lowest BCUT2D eigenvalue weighted by atomic mass is 10.1. The first-order chi connectivity index (χ1) is 10.8. The van der Waals surface area contributed by atoms with Gasteiger partial charge in [-0.05, 0) is 18.6 Å². The fraction of sp³-hybridized carbons (Fsp3) is 0.529. The maximum atomic E-state index is 9.40. The third kappa shape index (κ3) is 4.84. The summed E-state index contributed by atoms with van der Waals surface area (Å²) in [6, 6.07) is 9.65. The number of aromatic nitrogens is 3. The smallest absolute Gasteiger partial charge is 0.132 e.